The number of aliphatic hydroxyl groups excluding tert-OH is 3. The Morgan fingerprint density at radius 2 is 1.22 bits per heavy atom. The van der Waals surface area contributed by atoms with Crippen LogP contribution in [0.1, 0.15) is 27.1 Å². The van der Waals surface area contributed by atoms with E-state index in [9.17, 15) is 24.9 Å². The summed E-state index contributed by atoms with van der Waals surface area (Å²) in [7, 11) is 0. The summed E-state index contributed by atoms with van der Waals surface area (Å²) in [6, 6.07) is 16.3. The van der Waals surface area contributed by atoms with Gasteiger partial charge < -0.3 is 24.8 Å². The third-order valence-electron chi connectivity index (χ3n) is 4.44. The molecule has 2 aromatic rings. The number of ether oxygens (including phenoxy) is 2. The second-order valence-electron chi connectivity index (χ2n) is 6.33. The molecular formula is C20H20O7. The Balaban J connectivity index is 1.78. The number of carbonyl (C=O) groups is 2. The van der Waals surface area contributed by atoms with Crippen LogP contribution < -0.4 is 0 Å². The van der Waals surface area contributed by atoms with Gasteiger partial charge in [0.05, 0.1) is 17.2 Å². The van der Waals surface area contributed by atoms with E-state index < -0.39 is 42.5 Å². The first-order valence-electron chi connectivity index (χ1n) is 8.53. The molecule has 1 aliphatic carbocycles. The number of hydrogen-bond donors (Lipinski definition) is 3. The molecule has 0 radical (unpaired) electrons. The number of benzene rings is 2. The van der Waals surface area contributed by atoms with Gasteiger partial charge in [0.1, 0.15) is 18.3 Å². The van der Waals surface area contributed by atoms with Crippen LogP contribution in [0.15, 0.2) is 60.7 Å². The predicted octanol–water partition coefficient (Wildman–Crippen LogP) is 0.924. The van der Waals surface area contributed by atoms with Crippen molar-refractivity contribution >= 4 is 11.9 Å². The molecule has 1 unspecified atom stereocenters. The number of aliphatic hydroxyl groups is 3. The van der Waals surface area contributed by atoms with Crippen LogP contribution in [0.25, 0.3) is 0 Å². The minimum absolute atomic E-state index is 0.177. The standard InChI is InChI=1S/C20H20O7/c21-14-11-15(26-19(24)12-7-3-1-4-8-12)18(17(23)16(14)22)27-20(25)13-9-5-2-6-10-13/h1-10,14-18,21-23H,11H2/t14?,15-,16-,17+,18+/m0/s1. The Kier molecular flexibility index (Phi) is 5.85. The topological polar surface area (TPSA) is 113 Å². The van der Waals surface area contributed by atoms with Crippen molar-refractivity contribution in [2.24, 2.45) is 0 Å². The Morgan fingerprint density at radius 1 is 0.741 bits per heavy atom. The van der Waals surface area contributed by atoms with Crippen molar-refractivity contribution < 1.29 is 34.4 Å². The first-order chi connectivity index (χ1) is 13.0. The Bertz CT molecular complexity index is 777. The van der Waals surface area contributed by atoms with Crippen LogP contribution in [0, 0.1) is 0 Å². The van der Waals surface area contributed by atoms with Crippen LogP contribution in [0.2, 0.25) is 0 Å². The van der Waals surface area contributed by atoms with Gasteiger partial charge in [0.2, 0.25) is 0 Å². The maximum Gasteiger partial charge on any atom is 0.338 e. The third kappa shape index (κ3) is 4.33. The highest BCUT2D eigenvalue weighted by atomic mass is 16.6. The molecule has 0 heterocycles. The highest BCUT2D eigenvalue weighted by Crippen LogP contribution is 2.27. The summed E-state index contributed by atoms with van der Waals surface area (Å²) < 4.78 is 10.7. The minimum Gasteiger partial charge on any atom is -0.455 e. The lowest BCUT2D eigenvalue weighted by atomic mass is 9.87. The molecule has 142 valence electrons. The maximum absolute atomic E-state index is 12.3. The van der Waals surface area contributed by atoms with Crippen LogP contribution in [-0.2, 0) is 9.47 Å². The van der Waals surface area contributed by atoms with Gasteiger partial charge >= 0.3 is 11.9 Å². The number of esters is 2. The maximum atomic E-state index is 12.3. The molecule has 3 N–H and O–H groups in total. The SMILES string of the molecule is O=C(O[C@H]1[C@H](O)[C@@H](O)C(O)C[C@@H]1OC(=O)c1ccccc1)c1ccccc1. The summed E-state index contributed by atoms with van der Waals surface area (Å²) >= 11 is 0. The second-order valence-corrected chi connectivity index (χ2v) is 6.33. The van der Waals surface area contributed by atoms with Gasteiger partial charge in [-0.25, -0.2) is 9.59 Å². The molecule has 0 saturated heterocycles. The van der Waals surface area contributed by atoms with Crippen molar-refractivity contribution in [3.63, 3.8) is 0 Å². The zero-order valence-corrected chi connectivity index (χ0v) is 14.3. The molecule has 1 aliphatic rings. The van der Waals surface area contributed by atoms with E-state index in [1.807, 2.05) is 0 Å². The average Bonchev–Trinajstić information content (AvgIpc) is 2.70. The Morgan fingerprint density at radius 3 is 1.74 bits per heavy atom. The van der Waals surface area contributed by atoms with Crippen molar-refractivity contribution in [3.05, 3.63) is 71.8 Å². The first kappa shape index (κ1) is 19.0. The molecule has 3 rings (SSSR count). The molecule has 7 nitrogen and oxygen atoms in total. The molecule has 2 aromatic carbocycles. The van der Waals surface area contributed by atoms with E-state index in [1.54, 1.807) is 48.5 Å². The van der Waals surface area contributed by atoms with Crippen LogP contribution in [-0.4, -0.2) is 57.8 Å². The van der Waals surface area contributed by atoms with Crippen molar-refractivity contribution in [3.8, 4) is 0 Å². The lowest BCUT2D eigenvalue weighted by molar-refractivity contribution is -0.178. The third-order valence-corrected chi connectivity index (χ3v) is 4.44. The molecule has 0 bridgehead atoms. The van der Waals surface area contributed by atoms with Gasteiger partial charge in [0, 0.05) is 6.42 Å². The molecule has 5 atom stereocenters. The van der Waals surface area contributed by atoms with E-state index >= 15 is 0 Å². The molecular weight excluding hydrogens is 352 g/mol. The second kappa shape index (κ2) is 8.30. The number of carbonyl (C=O) groups excluding carboxylic acids is 2. The fraction of sp³-hybridized carbons (Fsp3) is 0.300. The van der Waals surface area contributed by atoms with Crippen LogP contribution in [0.4, 0.5) is 0 Å². The molecule has 0 amide bonds. The van der Waals surface area contributed by atoms with Crippen LogP contribution in [0.3, 0.4) is 0 Å². The summed E-state index contributed by atoms with van der Waals surface area (Å²) in [5.41, 5.74) is 0.527. The van der Waals surface area contributed by atoms with Crippen LogP contribution in [0.5, 0.6) is 0 Å². The Labute approximate surface area is 155 Å². The number of hydrogen-bond acceptors (Lipinski definition) is 7. The zero-order chi connectivity index (χ0) is 19.4. The fourth-order valence-corrected chi connectivity index (χ4v) is 2.96. The molecule has 1 fully saturated rings. The van der Waals surface area contributed by atoms with E-state index in [2.05, 4.69) is 0 Å². The predicted molar refractivity (Wildman–Crippen MR) is 93.9 cm³/mol. The average molecular weight is 372 g/mol. The first-order valence-corrected chi connectivity index (χ1v) is 8.53. The van der Waals surface area contributed by atoms with Crippen molar-refractivity contribution in [1.82, 2.24) is 0 Å². The minimum atomic E-state index is -1.60. The van der Waals surface area contributed by atoms with Crippen molar-refractivity contribution in [1.29, 1.82) is 0 Å². The van der Waals surface area contributed by atoms with Gasteiger partial charge in [0.15, 0.2) is 6.10 Å². The zero-order valence-electron chi connectivity index (χ0n) is 14.3. The van der Waals surface area contributed by atoms with Gasteiger partial charge in [-0.3, -0.25) is 0 Å². The molecule has 1 saturated carbocycles. The summed E-state index contributed by atoms with van der Waals surface area (Å²) in [6.07, 6.45) is -7.05. The largest absolute Gasteiger partial charge is 0.455 e. The number of rotatable bonds is 4. The molecule has 0 spiro atoms. The van der Waals surface area contributed by atoms with Gasteiger partial charge in [-0.2, -0.15) is 0 Å². The van der Waals surface area contributed by atoms with Crippen LogP contribution >= 0.6 is 0 Å². The van der Waals surface area contributed by atoms with Crippen molar-refractivity contribution in [2.75, 3.05) is 0 Å². The molecule has 7 heteroatoms. The van der Waals surface area contributed by atoms with E-state index in [4.69, 9.17) is 9.47 Å². The van der Waals surface area contributed by atoms with Gasteiger partial charge in [-0.05, 0) is 24.3 Å². The van der Waals surface area contributed by atoms with Gasteiger partial charge in [0.25, 0.3) is 0 Å². The summed E-state index contributed by atoms with van der Waals surface area (Å²) in [5, 5.41) is 30.1. The van der Waals surface area contributed by atoms with E-state index in [0.29, 0.717) is 0 Å². The highest BCUT2D eigenvalue weighted by Gasteiger charge is 2.47. The normalized spacial score (nSPS) is 27.6. The summed E-state index contributed by atoms with van der Waals surface area (Å²) in [4.78, 5) is 24.7. The molecule has 0 aliphatic heterocycles. The van der Waals surface area contributed by atoms with E-state index in [-0.39, 0.29) is 17.5 Å². The van der Waals surface area contributed by atoms with E-state index in [1.165, 1.54) is 12.1 Å². The van der Waals surface area contributed by atoms with Gasteiger partial charge in [-0.15, -0.1) is 0 Å². The van der Waals surface area contributed by atoms with Crippen molar-refractivity contribution in [2.45, 2.75) is 36.9 Å². The summed E-state index contributed by atoms with van der Waals surface area (Å²) in [5.74, 6) is -1.42. The molecule has 0 aromatic heterocycles. The summed E-state index contributed by atoms with van der Waals surface area (Å²) in [6.45, 7) is 0. The smallest absolute Gasteiger partial charge is 0.338 e. The quantitative estimate of drug-likeness (QED) is 0.684. The van der Waals surface area contributed by atoms with E-state index in [0.717, 1.165) is 0 Å². The highest BCUT2D eigenvalue weighted by molar-refractivity contribution is 5.90. The lowest BCUT2D eigenvalue weighted by Gasteiger charge is -2.39. The fourth-order valence-electron chi connectivity index (χ4n) is 2.96. The molecule has 27 heavy (non-hydrogen) atoms. The lowest BCUT2D eigenvalue weighted by Crippen LogP contribution is -2.58. The Hall–Kier alpha value is -2.74. The van der Waals surface area contributed by atoms with Gasteiger partial charge in [-0.1, -0.05) is 36.4 Å². The monoisotopic (exact) mass is 372 g/mol.